The minimum atomic E-state index is -4.01. The summed E-state index contributed by atoms with van der Waals surface area (Å²) in [5.74, 6) is -0.619. The van der Waals surface area contributed by atoms with E-state index in [1.807, 2.05) is 0 Å². The second-order valence-electron chi connectivity index (χ2n) is 6.02. The number of non-ortho nitro benzene ring substituents is 1. The third-order valence-corrected chi connectivity index (χ3v) is 6.52. The van der Waals surface area contributed by atoms with Gasteiger partial charge in [-0.05, 0) is 64.5 Å². The van der Waals surface area contributed by atoms with Crippen molar-refractivity contribution in [2.45, 2.75) is 4.90 Å². The number of rotatable bonds is 6. The van der Waals surface area contributed by atoms with Gasteiger partial charge in [-0.15, -0.1) is 0 Å². The van der Waals surface area contributed by atoms with Gasteiger partial charge in [0, 0.05) is 38.6 Å². The molecule has 0 bridgehead atoms. The van der Waals surface area contributed by atoms with E-state index in [9.17, 15) is 23.3 Å². The molecule has 0 saturated carbocycles. The molecule has 3 aromatic rings. The Balaban J connectivity index is 1.87. The molecule has 0 aliphatic carbocycles. The van der Waals surface area contributed by atoms with Crippen LogP contribution in [-0.4, -0.2) is 19.2 Å². The predicted molar refractivity (Wildman–Crippen MR) is 117 cm³/mol. The molecule has 3 rings (SSSR count). The number of amides is 1. The molecule has 8 nitrogen and oxygen atoms in total. The van der Waals surface area contributed by atoms with Gasteiger partial charge in [0.15, 0.2) is 0 Å². The number of benzene rings is 3. The highest BCUT2D eigenvalue weighted by molar-refractivity contribution is 9.10. The molecule has 11 heteroatoms. The number of halogens is 2. The number of nitro benzene ring substituents is 1. The highest BCUT2D eigenvalue weighted by Gasteiger charge is 2.20. The van der Waals surface area contributed by atoms with Gasteiger partial charge in [-0.2, -0.15) is 0 Å². The van der Waals surface area contributed by atoms with Crippen LogP contribution in [0.5, 0.6) is 0 Å². The maximum Gasteiger partial charge on any atom is 0.271 e. The van der Waals surface area contributed by atoms with Crippen molar-refractivity contribution in [1.82, 2.24) is 0 Å². The van der Waals surface area contributed by atoms with Gasteiger partial charge in [-0.1, -0.05) is 17.7 Å². The Morgan fingerprint density at radius 1 is 1.00 bits per heavy atom. The van der Waals surface area contributed by atoms with Gasteiger partial charge in [0.1, 0.15) is 4.90 Å². The molecule has 154 valence electrons. The fraction of sp³-hybridized carbons (Fsp3) is 0. The molecule has 0 spiro atoms. The van der Waals surface area contributed by atoms with Gasteiger partial charge in [-0.25, -0.2) is 8.42 Å². The first-order valence-electron chi connectivity index (χ1n) is 8.29. The number of nitro groups is 1. The summed E-state index contributed by atoms with van der Waals surface area (Å²) in [6, 6.07) is 15.6. The SMILES string of the molecule is O=C(Nc1cccc([N+](=O)[O-])c1)c1ccc(Br)c(S(=O)(=O)Nc2ccc(Cl)cc2)c1. The first-order valence-corrected chi connectivity index (χ1v) is 10.9. The molecule has 0 heterocycles. The minimum Gasteiger partial charge on any atom is -0.322 e. The number of carbonyl (C=O) groups is 1. The third-order valence-electron chi connectivity index (χ3n) is 3.89. The lowest BCUT2D eigenvalue weighted by Crippen LogP contribution is -2.16. The van der Waals surface area contributed by atoms with Crippen molar-refractivity contribution in [2.75, 3.05) is 10.0 Å². The largest absolute Gasteiger partial charge is 0.322 e. The molecule has 0 atom stereocenters. The zero-order valence-electron chi connectivity index (χ0n) is 15.0. The van der Waals surface area contributed by atoms with Gasteiger partial charge < -0.3 is 5.32 Å². The Kier molecular flexibility index (Phi) is 6.40. The Labute approximate surface area is 185 Å². The van der Waals surface area contributed by atoms with Crippen LogP contribution in [0, 0.1) is 10.1 Å². The van der Waals surface area contributed by atoms with Gasteiger partial charge in [0.25, 0.3) is 21.6 Å². The second kappa shape index (κ2) is 8.82. The van der Waals surface area contributed by atoms with E-state index in [0.717, 1.165) is 0 Å². The summed E-state index contributed by atoms with van der Waals surface area (Å²) in [7, 11) is -4.01. The van der Waals surface area contributed by atoms with Crippen LogP contribution in [0.25, 0.3) is 0 Å². The van der Waals surface area contributed by atoms with Crippen molar-refractivity contribution in [3.05, 3.63) is 91.9 Å². The number of nitrogens with zero attached hydrogens (tertiary/aromatic N) is 1. The molecular formula is C19H13BrClN3O5S. The summed E-state index contributed by atoms with van der Waals surface area (Å²) < 4.78 is 28.2. The minimum absolute atomic E-state index is 0.0567. The molecular weight excluding hydrogens is 498 g/mol. The zero-order valence-corrected chi connectivity index (χ0v) is 18.2. The summed E-state index contributed by atoms with van der Waals surface area (Å²) in [5.41, 5.74) is 0.388. The quantitative estimate of drug-likeness (QED) is 0.355. The summed E-state index contributed by atoms with van der Waals surface area (Å²) >= 11 is 8.99. The van der Waals surface area contributed by atoms with Crippen molar-refractivity contribution in [3.8, 4) is 0 Å². The molecule has 0 radical (unpaired) electrons. The van der Waals surface area contributed by atoms with E-state index in [1.54, 1.807) is 0 Å². The first-order chi connectivity index (χ1) is 14.2. The molecule has 0 unspecified atom stereocenters. The highest BCUT2D eigenvalue weighted by Crippen LogP contribution is 2.27. The van der Waals surface area contributed by atoms with Crippen LogP contribution in [0.2, 0.25) is 5.02 Å². The van der Waals surface area contributed by atoms with Gasteiger partial charge in [-0.3, -0.25) is 19.6 Å². The zero-order chi connectivity index (χ0) is 21.9. The van der Waals surface area contributed by atoms with Gasteiger partial charge >= 0.3 is 0 Å². The summed E-state index contributed by atoms with van der Waals surface area (Å²) in [4.78, 5) is 22.7. The van der Waals surface area contributed by atoms with Crippen molar-refractivity contribution in [3.63, 3.8) is 0 Å². The number of anilines is 2. The standard InChI is InChI=1S/C19H13BrClN3O5S/c20-17-9-4-12(19(25)22-15-2-1-3-16(11-15)24(26)27)10-18(17)30(28,29)23-14-7-5-13(21)6-8-14/h1-11,23H,(H,22,25). The molecule has 0 aromatic heterocycles. The van der Waals surface area contributed by atoms with Crippen LogP contribution >= 0.6 is 27.5 Å². The fourth-order valence-corrected chi connectivity index (χ4v) is 4.65. The lowest BCUT2D eigenvalue weighted by Gasteiger charge is -2.12. The molecule has 0 fully saturated rings. The third kappa shape index (κ3) is 5.15. The van der Waals surface area contributed by atoms with Gasteiger partial charge in [0.2, 0.25) is 0 Å². The first kappa shape index (κ1) is 21.8. The van der Waals surface area contributed by atoms with E-state index < -0.39 is 20.9 Å². The fourth-order valence-electron chi connectivity index (χ4n) is 2.48. The van der Waals surface area contributed by atoms with Crippen LogP contribution in [0.4, 0.5) is 17.1 Å². The number of hydrogen-bond acceptors (Lipinski definition) is 5. The average molecular weight is 511 g/mol. The van der Waals surface area contributed by atoms with Gasteiger partial charge in [0.05, 0.1) is 4.92 Å². The van der Waals surface area contributed by atoms with Crippen LogP contribution in [0.1, 0.15) is 10.4 Å². The van der Waals surface area contributed by atoms with Crippen molar-refractivity contribution >= 4 is 60.5 Å². The Hall–Kier alpha value is -2.95. The van der Waals surface area contributed by atoms with E-state index in [0.29, 0.717) is 10.7 Å². The molecule has 0 aliphatic heterocycles. The molecule has 2 N–H and O–H groups in total. The Morgan fingerprint density at radius 2 is 1.70 bits per heavy atom. The van der Waals surface area contributed by atoms with Crippen molar-refractivity contribution in [1.29, 1.82) is 0 Å². The Bertz CT molecular complexity index is 1230. The predicted octanol–water partition coefficient (Wildman–Crippen LogP) is 5.06. The maximum absolute atomic E-state index is 12.8. The smallest absolute Gasteiger partial charge is 0.271 e. The number of hydrogen-bond donors (Lipinski definition) is 2. The monoisotopic (exact) mass is 509 g/mol. The summed E-state index contributed by atoms with van der Waals surface area (Å²) in [5, 5.41) is 13.9. The van der Waals surface area contributed by atoms with E-state index in [-0.39, 0.29) is 26.3 Å². The molecule has 0 aliphatic rings. The van der Waals surface area contributed by atoms with E-state index in [1.165, 1.54) is 66.7 Å². The lowest BCUT2D eigenvalue weighted by molar-refractivity contribution is -0.384. The maximum atomic E-state index is 12.8. The topological polar surface area (TPSA) is 118 Å². The van der Waals surface area contributed by atoms with E-state index >= 15 is 0 Å². The molecule has 30 heavy (non-hydrogen) atoms. The summed E-state index contributed by atoms with van der Waals surface area (Å²) in [6.45, 7) is 0. The van der Waals surface area contributed by atoms with Crippen LogP contribution in [0.15, 0.2) is 76.1 Å². The van der Waals surface area contributed by atoms with Crippen molar-refractivity contribution < 1.29 is 18.1 Å². The molecule has 1 amide bonds. The lowest BCUT2D eigenvalue weighted by atomic mass is 10.2. The molecule has 0 saturated heterocycles. The Morgan fingerprint density at radius 3 is 2.37 bits per heavy atom. The normalized spacial score (nSPS) is 11.0. The van der Waals surface area contributed by atoms with E-state index in [4.69, 9.17) is 11.6 Å². The number of nitrogens with one attached hydrogen (secondary N) is 2. The average Bonchev–Trinajstić information content (AvgIpc) is 2.70. The van der Waals surface area contributed by atoms with E-state index in [2.05, 4.69) is 26.0 Å². The van der Waals surface area contributed by atoms with Crippen LogP contribution in [0.3, 0.4) is 0 Å². The number of carbonyl (C=O) groups excluding carboxylic acids is 1. The molecule has 3 aromatic carbocycles. The second-order valence-corrected chi connectivity index (χ2v) is 8.96. The van der Waals surface area contributed by atoms with Crippen LogP contribution in [-0.2, 0) is 10.0 Å². The highest BCUT2D eigenvalue weighted by atomic mass is 79.9. The number of sulfonamides is 1. The van der Waals surface area contributed by atoms with Crippen molar-refractivity contribution in [2.24, 2.45) is 0 Å². The summed E-state index contributed by atoms with van der Waals surface area (Å²) in [6.07, 6.45) is 0. The van der Waals surface area contributed by atoms with Crippen LogP contribution < -0.4 is 10.0 Å².